The largest absolute Gasteiger partial charge is 2.00 e. The average molecular weight is 169 g/mol. The molecule has 0 fully saturated rings. The molecule has 0 aliphatic rings. The van der Waals surface area contributed by atoms with Gasteiger partial charge in [0.15, 0.2) is 0 Å². The van der Waals surface area contributed by atoms with Gasteiger partial charge in [-0.3, -0.25) is 0 Å². The van der Waals surface area contributed by atoms with E-state index in [9.17, 15) is 0 Å². The molecule has 0 radical (unpaired) electrons. The van der Waals surface area contributed by atoms with Crippen LogP contribution in [-0.4, -0.2) is 34.0 Å². The molecule has 0 atom stereocenters. The van der Waals surface area contributed by atoms with Crippen molar-refractivity contribution in [3.8, 4) is 0 Å². The van der Waals surface area contributed by atoms with Crippen LogP contribution < -0.4 is 0 Å². The summed E-state index contributed by atoms with van der Waals surface area (Å²) in [5, 5.41) is 0. The van der Waals surface area contributed by atoms with E-state index in [1.807, 2.05) is 0 Å². The minimum Gasteiger partial charge on any atom is -1.00 e. The van der Waals surface area contributed by atoms with Gasteiger partial charge in [0.25, 0.3) is 0 Å². The smallest absolute Gasteiger partial charge is 1.00 e. The molecule has 0 aromatic carbocycles. The van der Waals surface area contributed by atoms with E-state index in [2.05, 4.69) is 0 Å². The van der Waals surface area contributed by atoms with E-state index in [0.717, 1.165) is 0 Å². The van der Waals surface area contributed by atoms with Crippen molar-refractivity contribution in [3.05, 3.63) is 0 Å². The summed E-state index contributed by atoms with van der Waals surface area (Å²) in [5.41, 5.74) is 0. The van der Waals surface area contributed by atoms with Gasteiger partial charge in [-0.25, -0.2) is 0 Å². The van der Waals surface area contributed by atoms with Crippen molar-refractivity contribution in [3.63, 3.8) is 0 Å². The first-order chi connectivity index (χ1) is 0. The number of hydrogen-bond donors (Lipinski definition) is 0. The molecule has 0 saturated carbocycles. The standard InChI is InChI=1S/Cr.Mg.Ni.H4Si.2H/h;;;1H4;;/q;+2;;;2*-1. The maximum absolute atomic E-state index is 0. The van der Waals surface area contributed by atoms with Gasteiger partial charge in [-0.15, -0.1) is 0 Å². The number of hydrogen-bond acceptors (Lipinski definition) is 0. The Hall–Kier alpha value is 2.01. The predicted octanol–water partition coefficient (Wildman–Crippen LogP) is -1.61. The summed E-state index contributed by atoms with van der Waals surface area (Å²) in [4.78, 5) is 0. The molecule has 0 N–H and O–H groups in total. The fraction of sp³-hybridized carbons (Fsp3) is 0. The molecule has 0 aliphatic carbocycles. The quantitative estimate of drug-likeness (QED) is 0.383. The monoisotopic (exact) mass is 168 g/mol. The summed E-state index contributed by atoms with van der Waals surface area (Å²) in [6, 6.07) is 0. The Balaban J connectivity index is 0. The second-order valence-electron chi connectivity index (χ2n) is 0. The molecule has 0 amide bonds. The zero-order valence-electron chi connectivity index (χ0n) is 3.43. The van der Waals surface area contributed by atoms with Gasteiger partial charge in [-0.1, -0.05) is 0 Å². The van der Waals surface area contributed by atoms with Crippen LogP contribution in [0.25, 0.3) is 0 Å². The molecular weight excluding hydrogens is 163 g/mol. The Morgan fingerprint density at radius 3 is 1.25 bits per heavy atom. The van der Waals surface area contributed by atoms with E-state index in [0.29, 0.717) is 0 Å². The first-order valence-corrected chi connectivity index (χ1v) is 0. The molecule has 0 saturated heterocycles. The summed E-state index contributed by atoms with van der Waals surface area (Å²) >= 11 is 0. The maximum atomic E-state index is 0. The second-order valence-corrected chi connectivity index (χ2v) is 0. The molecule has 28 valence electrons. The normalized spacial score (nSPS) is 0. The molecule has 0 aliphatic heterocycles. The van der Waals surface area contributed by atoms with Crippen molar-refractivity contribution in [1.29, 1.82) is 0 Å². The van der Waals surface area contributed by atoms with Crippen molar-refractivity contribution in [1.82, 2.24) is 0 Å². The summed E-state index contributed by atoms with van der Waals surface area (Å²) < 4.78 is 0. The average Bonchev–Trinajstić information content (AvgIpc) is 0. The van der Waals surface area contributed by atoms with Crippen LogP contribution in [0.2, 0.25) is 0 Å². The van der Waals surface area contributed by atoms with Crippen molar-refractivity contribution in [2.45, 2.75) is 0 Å². The summed E-state index contributed by atoms with van der Waals surface area (Å²) in [5.74, 6) is 0. The van der Waals surface area contributed by atoms with Crippen LogP contribution in [0.15, 0.2) is 0 Å². The number of rotatable bonds is 0. The van der Waals surface area contributed by atoms with E-state index in [4.69, 9.17) is 0 Å². The fourth-order valence-electron chi connectivity index (χ4n) is 0. The molecule has 0 aromatic heterocycles. The van der Waals surface area contributed by atoms with E-state index < -0.39 is 0 Å². The first-order valence-electron chi connectivity index (χ1n) is 0. The predicted molar refractivity (Wildman–Crippen MR) is 19.3 cm³/mol. The van der Waals surface area contributed by atoms with Crippen molar-refractivity contribution < 1.29 is 36.7 Å². The Bertz CT molecular complexity index is 13.5. The van der Waals surface area contributed by atoms with Crippen molar-refractivity contribution >= 4 is 34.0 Å². The minimum absolute atomic E-state index is 0. The molecule has 4 heteroatoms. The second kappa shape index (κ2) is 19.9. The van der Waals surface area contributed by atoms with Crippen LogP contribution in [0.3, 0.4) is 0 Å². The molecule has 0 unspecified atom stereocenters. The van der Waals surface area contributed by atoms with Gasteiger partial charge in [-0.2, -0.15) is 0 Å². The molecule has 0 spiro atoms. The molecule has 0 rings (SSSR count). The zero-order valence-corrected chi connectivity index (χ0v) is 5.11. The summed E-state index contributed by atoms with van der Waals surface area (Å²) in [7, 11) is 0. The van der Waals surface area contributed by atoms with Gasteiger partial charge in [0.2, 0.25) is 0 Å². The third-order valence-corrected chi connectivity index (χ3v) is 0. The Morgan fingerprint density at radius 2 is 1.25 bits per heavy atom. The minimum atomic E-state index is 0. The molecule has 0 nitrogen and oxygen atoms in total. The molecular formula is H6CrMgNiSi. The van der Waals surface area contributed by atoms with Gasteiger partial charge < -0.3 is 2.85 Å². The van der Waals surface area contributed by atoms with Crippen LogP contribution in [0.4, 0.5) is 0 Å². The molecule has 0 aromatic rings. The van der Waals surface area contributed by atoms with E-state index in [1.54, 1.807) is 0 Å². The first kappa shape index (κ1) is 37.4. The van der Waals surface area contributed by atoms with Gasteiger partial charge in [0, 0.05) is 33.9 Å². The van der Waals surface area contributed by atoms with E-state index in [-0.39, 0.29) is 70.7 Å². The molecule has 4 heavy (non-hydrogen) atoms. The van der Waals surface area contributed by atoms with E-state index in [1.165, 1.54) is 0 Å². The SMILES string of the molecule is [Cr].[H-].[H-].[Mg+2].[Ni].[SiH4]. The third-order valence-electron chi connectivity index (χ3n) is 0. The van der Waals surface area contributed by atoms with Crippen molar-refractivity contribution in [2.24, 2.45) is 0 Å². The maximum Gasteiger partial charge on any atom is 2.00 e. The molecule has 0 heterocycles. The van der Waals surface area contributed by atoms with Crippen LogP contribution in [0.5, 0.6) is 0 Å². The van der Waals surface area contributed by atoms with Crippen LogP contribution >= 0.6 is 0 Å². The van der Waals surface area contributed by atoms with Gasteiger partial charge in [0.05, 0.1) is 0 Å². The summed E-state index contributed by atoms with van der Waals surface area (Å²) in [6.45, 7) is 0. The topological polar surface area (TPSA) is 0 Å². The van der Waals surface area contributed by atoms with E-state index >= 15 is 0 Å². The van der Waals surface area contributed by atoms with Crippen LogP contribution in [0, 0.1) is 0 Å². The van der Waals surface area contributed by atoms with Crippen LogP contribution in [0.1, 0.15) is 2.85 Å². The van der Waals surface area contributed by atoms with Crippen molar-refractivity contribution in [2.75, 3.05) is 0 Å². The Morgan fingerprint density at radius 1 is 1.25 bits per heavy atom. The van der Waals surface area contributed by atoms with Gasteiger partial charge >= 0.3 is 23.1 Å². The molecule has 0 bridgehead atoms. The Labute approximate surface area is 70.3 Å². The fourth-order valence-corrected chi connectivity index (χ4v) is 0. The summed E-state index contributed by atoms with van der Waals surface area (Å²) in [6.07, 6.45) is 0. The van der Waals surface area contributed by atoms with Gasteiger partial charge in [-0.05, 0) is 11.0 Å². The third kappa shape index (κ3) is 8.99. The zero-order chi connectivity index (χ0) is 0. The van der Waals surface area contributed by atoms with Gasteiger partial charge in [0.1, 0.15) is 0 Å². The van der Waals surface area contributed by atoms with Crippen LogP contribution in [-0.2, 0) is 33.9 Å². The Kier molecular flexibility index (Phi) is 186.